The van der Waals surface area contributed by atoms with Gasteiger partial charge in [-0.3, -0.25) is 0 Å². The first-order valence-electron chi connectivity index (χ1n) is 6.01. The van der Waals surface area contributed by atoms with E-state index in [-0.39, 0.29) is 5.82 Å². The minimum Gasteiger partial charge on any atom is -0.216 e. The monoisotopic (exact) mass is 294 g/mol. The van der Waals surface area contributed by atoms with Crippen molar-refractivity contribution in [1.82, 2.24) is 4.72 Å². The molecule has 0 aliphatic heterocycles. The SMILES string of the molecule is CC(NS(N)(=O)=O)c1ccc(-c2ccc(F)cc2)cc1. The van der Waals surface area contributed by atoms with E-state index >= 15 is 0 Å². The predicted molar refractivity (Wildman–Crippen MR) is 76.5 cm³/mol. The molecule has 2 aromatic carbocycles. The van der Waals surface area contributed by atoms with Crippen LogP contribution in [0.3, 0.4) is 0 Å². The highest BCUT2D eigenvalue weighted by Gasteiger charge is 2.11. The highest BCUT2D eigenvalue weighted by atomic mass is 32.2. The summed E-state index contributed by atoms with van der Waals surface area (Å²) in [4.78, 5) is 0. The summed E-state index contributed by atoms with van der Waals surface area (Å²) in [6.45, 7) is 1.71. The molecule has 0 spiro atoms. The van der Waals surface area contributed by atoms with Crippen LogP contribution in [0.1, 0.15) is 18.5 Å². The molecule has 0 aliphatic rings. The van der Waals surface area contributed by atoms with Gasteiger partial charge in [0.25, 0.3) is 10.2 Å². The maximum atomic E-state index is 12.9. The zero-order valence-electron chi connectivity index (χ0n) is 10.9. The van der Waals surface area contributed by atoms with Crippen LogP contribution >= 0.6 is 0 Å². The van der Waals surface area contributed by atoms with Gasteiger partial charge < -0.3 is 0 Å². The van der Waals surface area contributed by atoms with Gasteiger partial charge in [0.1, 0.15) is 5.82 Å². The first-order valence-corrected chi connectivity index (χ1v) is 7.56. The van der Waals surface area contributed by atoms with Crippen molar-refractivity contribution in [2.24, 2.45) is 5.14 Å². The van der Waals surface area contributed by atoms with Crippen LogP contribution in [-0.2, 0) is 10.2 Å². The van der Waals surface area contributed by atoms with E-state index in [9.17, 15) is 12.8 Å². The van der Waals surface area contributed by atoms with Crippen molar-refractivity contribution in [3.63, 3.8) is 0 Å². The largest absolute Gasteiger partial charge is 0.274 e. The van der Waals surface area contributed by atoms with E-state index in [0.717, 1.165) is 16.7 Å². The van der Waals surface area contributed by atoms with Crippen LogP contribution in [0.25, 0.3) is 11.1 Å². The zero-order chi connectivity index (χ0) is 14.8. The van der Waals surface area contributed by atoms with Gasteiger partial charge >= 0.3 is 0 Å². The summed E-state index contributed by atoms with van der Waals surface area (Å²) >= 11 is 0. The van der Waals surface area contributed by atoms with Crippen molar-refractivity contribution in [3.8, 4) is 11.1 Å². The molecule has 1 unspecified atom stereocenters. The number of benzene rings is 2. The highest BCUT2D eigenvalue weighted by molar-refractivity contribution is 7.87. The van der Waals surface area contributed by atoms with Crippen molar-refractivity contribution in [1.29, 1.82) is 0 Å². The minimum absolute atomic E-state index is 0.281. The Kier molecular flexibility index (Phi) is 4.17. The lowest BCUT2D eigenvalue weighted by Crippen LogP contribution is -2.32. The van der Waals surface area contributed by atoms with Crippen molar-refractivity contribution in [2.75, 3.05) is 0 Å². The van der Waals surface area contributed by atoms with Gasteiger partial charge in [0, 0.05) is 6.04 Å². The Morgan fingerprint density at radius 3 is 1.90 bits per heavy atom. The zero-order valence-corrected chi connectivity index (χ0v) is 11.7. The van der Waals surface area contributed by atoms with Crippen molar-refractivity contribution < 1.29 is 12.8 Å². The van der Waals surface area contributed by atoms with E-state index in [1.165, 1.54) is 12.1 Å². The van der Waals surface area contributed by atoms with Gasteiger partial charge in [-0.25, -0.2) is 9.53 Å². The topological polar surface area (TPSA) is 72.2 Å². The molecule has 0 amide bonds. The van der Waals surface area contributed by atoms with Crippen molar-refractivity contribution in [2.45, 2.75) is 13.0 Å². The molecule has 0 saturated heterocycles. The van der Waals surface area contributed by atoms with Gasteiger partial charge in [0.2, 0.25) is 0 Å². The molecule has 6 heteroatoms. The van der Waals surface area contributed by atoms with Crippen LogP contribution in [-0.4, -0.2) is 8.42 Å². The first-order chi connectivity index (χ1) is 9.35. The maximum absolute atomic E-state index is 12.9. The fraction of sp³-hybridized carbons (Fsp3) is 0.143. The van der Waals surface area contributed by atoms with Crippen LogP contribution in [0.4, 0.5) is 4.39 Å². The van der Waals surface area contributed by atoms with Gasteiger partial charge in [0.15, 0.2) is 0 Å². The number of hydrogen-bond donors (Lipinski definition) is 2. The number of halogens is 1. The second-order valence-electron chi connectivity index (χ2n) is 4.51. The Balaban J connectivity index is 2.20. The minimum atomic E-state index is -3.73. The standard InChI is InChI=1S/C14H15FN2O2S/c1-10(17-20(16,18)19)11-2-4-12(5-3-11)13-6-8-14(15)9-7-13/h2-10,17H,1H3,(H2,16,18,19). The summed E-state index contributed by atoms with van der Waals surface area (Å²) < 4.78 is 37.1. The molecule has 3 N–H and O–H groups in total. The van der Waals surface area contributed by atoms with Crippen molar-refractivity contribution in [3.05, 3.63) is 59.9 Å². The Bertz CT molecular complexity index is 682. The van der Waals surface area contributed by atoms with Crippen molar-refractivity contribution >= 4 is 10.2 Å². The molecule has 0 aromatic heterocycles. The molecule has 0 aliphatic carbocycles. The predicted octanol–water partition coefficient (Wildman–Crippen LogP) is 2.35. The average molecular weight is 294 g/mol. The smallest absolute Gasteiger partial charge is 0.216 e. The molecule has 0 saturated carbocycles. The van der Waals surface area contributed by atoms with Crippen LogP contribution in [0.5, 0.6) is 0 Å². The number of rotatable bonds is 4. The van der Waals surface area contributed by atoms with Crippen LogP contribution in [0.15, 0.2) is 48.5 Å². The summed E-state index contributed by atoms with van der Waals surface area (Å²) in [6, 6.07) is 13.1. The van der Waals surface area contributed by atoms with Gasteiger partial charge in [0.05, 0.1) is 0 Å². The number of nitrogens with one attached hydrogen (secondary N) is 1. The molecule has 1 atom stereocenters. The highest BCUT2D eigenvalue weighted by Crippen LogP contribution is 2.22. The summed E-state index contributed by atoms with van der Waals surface area (Å²) in [5, 5.41) is 4.93. The van der Waals surface area contributed by atoms with E-state index in [2.05, 4.69) is 4.72 Å². The molecular formula is C14H15FN2O2S. The fourth-order valence-corrected chi connectivity index (χ4v) is 2.55. The van der Waals surface area contributed by atoms with Gasteiger partial charge in [-0.2, -0.15) is 13.1 Å². The molecule has 0 radical (unpaired) electrons. The maximum Gasteiger partial charge on any atom is 0.274 e. The molecule has 20 heavy (non-hydrogen) atoms. The molecule has 2 rings (SSSR count). The van der Waals surface area contributed by atoms with Gasteiger partial charge in [-0.05, 0) is 35.7 Å². The normalized spacial score (nSPS) is 13.2. The van der Waals surface area contributed by atoms with E-state index in [1.807, 2.05) is 24.3 Å². The molecular weight excluding hydrogens is 279 g/mol. The summed E-state index contributed by atoms with van der Waals surface area (Å²) in [5.41, 5.74) is 2.62. The number of nitrogens with two attached hydrogens (primary N) is 1. The summed E-state index contributed by atoms with van der Waals surface area (Å²) in [6.07, 6.45) is 0. The lowest BCUT2D eigenvalue weighted by atomic mass is 10.0. The molecule has 2 aromatic rings. The molecule has 0 bridgehead atoms. The Morgan fingerprint density at radius 2 is 1.45 bits per heavy atom. The Labute approximate surface area is 117 Å². The van der Waals surface area contributed by atoms with E-state index in [4.69, 9.17) is 5.14 Å². The molecule has 0 fully saturated rings. The van der Waals surface area contributed by atoms with Crippen LogP contribution in [0, 0.1) is 5.82 Å². The average Bonchev–Trinajstić information content (AvgIpc) is 2.38. The Morgan fingerprint density at radius 1 is 1.00 bits per heavy atom. The molecule has 0 heterocycles. The van der Waals surface area contributed by atoms with Crippen LogP contribution in [0.2, 0.25) is 0 Å². The lowest BCUT2D eigenvalue weighted by Gasteiger charge is -2.12. The third kappa shape index (κ3) is 3.86. The second kappa shape index (κ2) is 5.70. The fourth-order valence-electron chi connectivity index (χ4n) is 1.92. The van der Waals surface area contributed by atoms with Gasteiger partial charge in [-0.15, -0.1) is 0 Å². The number of hydrogen-bond acceptors (Lipinski definition) is 2. The second-order valence-corrected chi connectivity index (χ2v) is 5.84. The van der Waals surface area contributed by atoms with Crippen LogP contribution < -0.4 is 9.86 Å². The third-order valence-corrected chi connectivity index (χ3v) is 3.61. The first kappa shape index (κ1) is 14.6. The van der Waals surface area contributed by atoms with E-state index in [1.54, 1.807) is 19.1 Å². The van der Waals surface area contributed by atoms with E-state index < -0.39 is 16.3 Å². The van der Waals surface area contributed by atoms with E-state index in [0.29, 0.717) is 0 Å². The summed E-state index contributed by atoms with van der Waals surface area (Å²) in [7, 11) is -3.73. The summed E-state index contributed by atoms with van der Waals surface area (Å²) in [5.74, 6) is -0.281. The third-order valence-electron chi connectivity index (χ3n) is 2.93. The quantitative estimate of drug-likeness (QED) is 0.908. The molecule has 106 valence electrons. The molecule has 4 nitrogen and oxygen atoms in total. The Hall–Kier alpha value is -1.76. The van der Waals surface area contributed by atoms with Gasteiger partial charge in [-0.1, -0.05) is 36.4 Å². The lowest BCUT2D eigenvalue weighted by molar-refractivity contribution is 0.568.